The van der Waals surface area contributed by atoms with E-state index >= 15 is 0 Å². The van der Waals surface area contributed by atoms with Crippen LogP contribution in [0.2, 0.25) is 5.02 Å². The predicted molar refractivity (Wildman–Crippen MR) is 89.6 cm³/mol. The molecular formula is C17H23ClN2O3. The highest BCUT2D eigenvalue weighted by Gasteiger charge is 2.24. The van der Waals surface area contributed by atoms with E-state index in [-0.39, 0.29) is 18.4 Å². The predicted octanol–water partition coefficient (Wildman–Crippen LogP) is 2.44. The van der Waals surface area contributed by atoms with E-state index in [1.807, 2.05) is 18.7 Å². The lowest BCUT2D eigenvalue weighted by Crippen LogP contribution is -2.51. The minimum Gasteiger partial charge on any atom is -0.484 e. The average molecular weight is 339 g/mol. The minimum absolute atomic E-state index is 0.00156. The molecule has 2 amide bonds. The number of amides is 2. The second-order valence-electron chi connectivity index (χ2n) is 6.10. The molecule has 5 nitrogen and oxygen atoms in total. The largest absolute Gasteiger partial charge is 0.484 e. The normalized spacial score (nSPS) is 15.0. The van der Waals surface area contributed by atoms with Crippen LogP contribution < -0.4 is 4.74 Å². The van der Waals surface area contributed by atoms with Crippen LogP contribution in [-0.4, -0.2) is 54.4 Å². The zero-order chi connectivity index (χ0) is 16.8. The van der Waals surface area contributed by atoms with Crippen molar-refractivity contribution in [2.75, 3.05) is 32.8 Å². The number of piperazine rings is 1. The monoisotopic (exact) mass is 338 g/mol. The van der Waals surface area contributed by atoms with Crippen LogP contribution in [0.3, 0.4) is 0 Å². The smallest absolute Gasteiger partial charge is 0.260 e. The number of halogens is 1. The summed E-state index contributed by atoms with van der Waals surface area (Å²) in [7, 11) is 0. The third-order valence-corrected chi connectivity index (χ3v) is 4.00. The Morgan fingerprint density at radius 3 is 2.09 bits per heavy atom. The molecular weight excluding hydrogens is 316 g/mol. The van der Waals surface area contributed by atoms with Gasteiger partial charge in [-0.3, -0.25) is 9.59 Å². The van der Waals surface area contributed by atoms with Crippen LogP contribution in [0.4, 0.5) is 0 Å². The van der Waals surface area contributed by atoms with Crippen molar-refractivity contribution in [3.8, 4) is 5.75 Å². The van der Waals surface area contributed by atoms with Crippen molar-refractivity contribution in [3.63, 3.8) is 0 Å². The van der Waals surface area contributed by atoms with Crippen LogP contribution >= 0.6 is 11.6 Å². The van der Waals surface area contributed by atoms with E-state index < -0.39 is 0 Å². The first-order chi connectivity index (χ1) is 11.0. The van der Waals surface area contributed by atoms with Crippen LogP contribution in [0, 0.1) is 5.92 Å². The van der Waals surface area contributed by atoms with Gasteiger partial charge in [0, 0.05) is 37.6 Å². The summed E-state index contributed by atoms with van der Waals surface area (Å²) in [4.78, 5) is 27.8. The van der Waals surface area contributed by atoms with Gasteiger partial charge in [-0.2, -0.15) is 0 Å². The standard InChI is InChI=1S/C17H23ClN2O3/c1-13(2)11-16(21)19-7-9-20(10-8-19)17(22)12-23-15-5-3-14(18)4-6-15/h3-6,13H,7-12H2,1-2H3. The van der Waals surface area contributed by atoms with Crippen molar-refractivity contribution in [1.29, 1.82) is 0 Å². The molecule has 0 atom stereocenters. The molecule has 23 heavy (non-hydrogen) atoms. The highest BCUT2D eigenvalue weighted by molar-refractivity contribution is 6.30. The molecule has 0 aromatic heterocycles. The third-order valence-electron chi connectivity index (χ3n) is 3.74. The van der Waals surface area contributed by atoms with Crippen LogP contribution in [0.5, 0.6) is 5.75 Å². The zero-order valence-corrected chi connectivity index (χ0v) is 14.4. The Labute approximate surface area is 142 Å². The molecule has 0 saturated carbocycles. The Hall–Kier alpha value is -1.75. The molecule has 1 aromatic rings. The SMILES string of the molecule is CC(C)CC(=O)N1CCN(C(=O)COc2ccc(Cl)cc2)CC1. The molecule has 0 N–H and O–H groups in total. The van der Waals surface area contributed by atoms with E-state index in [0.29, 0.717) is 49.3 Å². The van der Waals surface area contributed by atoms with E-state index in [9.17, 15) is 9.59 Å². The molecule has 1 fully saturated rings. The summed E-state index contributed by atoms with van der Waals surface area (Å²) >= 11 is 5.80. The number of ether oxygens (including phenoxy) is 1. The lowest BCUT2D eigenvalue weighted by Gasteiger charge is -2.35. The fourth-order valence-electron chi connectivity index (χ4n) is 2.45. The molecule has 0 aliphatic carbocycles. The number of hydrogen-bond acceptors (Lipinski definition) is 3. The van der Waals surface area contributed by atoms with Crippen LogP contribution in [0.1, 0.15) is 20.3 Å². The van der Waals surface area contributed by atoms with Gasteiger partial charge >= 0.3 is 0 Å². The summed E-state index contributed by atoms with van der Waals surface area (Å²) in [6.45, 7) is 6.38. The maximum Gasteiger partial charge on any atom is 0.260 e. The fourth-order valence-corrected chi connectivity index (χ4v) is 2.58. The van der Waals surface area contributed by atoms with Gasteiger partial charge in [-0.1, -0.05) is 25.4 Å². The van der Waals surface area contributed by atoms with Gasteiger partial charge in [-0.15, -0.1) is 0 Å². The van der Waals surface area contributed by atoms with Gasteiger partial charge in [0.05, 0.1) is 0 Å². The Morgan fingerprint density at radius 1 is 1.04 bits per heavy atom. The first-order valence-electron chi connectivity index (χ1n) is 7.89. The molecule has 0 radical (unpaired) electrons. The molecule has 0 bridgehead atoms. The number of benzene rings is 1. The van der Waals surface area contributed by atoms with Gasteiger partial charge in [0.15, 0.2) is 6.61 Å². The zero-order valence-electron chi connectivity index (χ0n) is 13.6. The van der Waals surface area contributed by atoms with E-state index in [0.717, 1.165) is 0 Å². The second kappa shape index (κ2) is 8.20. The average Bonchev–Trinajstić information content (AvgIpc) is 2.53. The van der Waals surface area contributed by atoms with E-state index in [2.05, 4.69) is 0 Å². The van der Waals surface area contributed by atoms with E-state index in [4.69, 9.17) is 16.3 Å². The second-order valence-corrected chi connectivity index (χ2v) is 6.54. The summed E-state index contributed by atoms with van der Waals surface area (Å²) in [6, 6.07) is 6.91. The topological polar surface area (TPSA) is 49.9 Å². The number of nitrogens with zero attached hydrogens (tertiary/aromatic N) is 2. The first kappa shape index (κ1) is 17.6. The summed E-state index contributed by atoms with van der Waals surface area (Å²) in [5.74, 6) is 1.09. The van der Waals surface area contributed by atoms with Crippen LogP contribution in [0.25, 0.3) is 0 Å². The molecule has 2 rings (SSSR count). The van der Waals surface area contributed by atoms with Gasteiger partial charge in [0.1, 0.15) is 5.75 Å². The number of carbonyl (C=O) groups is 2. The Kier molecular flexibility index (Phi) is 6.28. The Bertz CT molecular complexity index is 537. The molecule has 126 valence electrons. The van der Waals surface area contributed by atoms with Crippen molar-refractivity contribution in [2.24, 2.45) is 5.92 Å². The molecule has 0 unspecified atom stereocenters. The lowest BCUT2D eigenvalue weighted by atomic mass is 10.1. The van der Waals surface area contributed by atoms with Gasteiger partial charge in [-0.05, 0) is 30.2 Å². The van der Waals surface area contributed by atoms with Gasteiger partial charge in [-0.25, -0.2) is 0 Å². The molecule has 6 heteroatoms. The highest BCUT2D eigenvalue weighted by Crippen LogP contribution is 2.15. The van der Waals surface area contributed by atoms with Crippen LogP contribution in [0.15, 0.2) is 24.3 Å². The lowest BCUT2D eigenvalue weighted by molar-refractivity contribution is -0.141. The third kappa shape index (κ3) is 5.43. The van der Waals surface area contributed by atoms with Gasteiger partial charge in [0.25, 0.3) is 5.91 Å². The molecule has 0 spiro atoms. The quantitative estimate of drug-likeness (QED) is 0.828. The maximum absolute atomic E-state index is 12.2. The van der Waals surface area contributed by atoms with Crippen molar-refractivity contribution in [2.45, 2.75) is 20.3 Å². The van der Waals surface area contributed by atoms with Crippen molar-refractivity contribution in [1.82, 2.24) is 9.80 Å². The Morgan fingerprint density at radius 2 is 1.57 bits per heavy atom. The fraction of sp³-hybridized carbons (Fsp3) is 0.529. The van der Waals surface area contributed by atoms with E-state index in [1.54, 1.807) is 29.2 Å². The molecule has 1 saturated heterocycles. The molecule has 1 aromatic carbocycles. The maximum atomic E-state index is 12.2. The first-order valence-corrected chi connectivity index (χ1v) is 8.27. The highest BCUT2D eigenvalue weighted by atomic mass is 35.5. The van der Waals surface area contributed by atoms with Gasteiger partial charge in [0.2, 0.25) is 5.91 Å². The summed E-state index contributed by atoms with van der Waals surface area (Å²) in [6.07, 6.45) is 0.563. The summed E-state index contributed by atoms with van der Waals surface area (Å²) < 4.78 is 5.47. The number of hydrogen-bond donors (Lipinski definition) is 0. The molecule has 1 aliphatic heterocycles. The minimum atomic E-state index is -0.0593. The van der Waals surface area contributed by atoms with Crippen molar-refractivity contribution >= 4 is 23.4 Å². The van der Waals surface area contributed by atoms with E-state index in [1.165, 1.54) is 0 Å². The number of rotatable bonds is 5. The summed E-state index contributed by atoms with van der Waals surface area (Å²) in [5.41, 5.74) is 0. The Balaban J connectivity index is 1.75. The van der Waals surface area contributed by atoms with Crippen molar-refractivity contribution < 1.29 is 14.3 Å². The molecule has 1 heterocycles. The van der Waals surface area contributed by atoms with Crippen LogP contribution in [-0.2, 0) is 9.59 Å². The van der Waals surface area contributed by atoms with Crippen molar-refractivity contribution in [3.05, 3.63) is 29.3 Å². The molecule has 1 aliphatic rings. The van der Waals surface area contributed by atoms with Gasteiger partial charge < -0.3 is 14.5 Å². The number of carbonyl (C=O) groups excluding carboxylic acids is 2. The summed E-state index contributed by atoms with van der Waals surface area (Å²) in [5, 5.41) is 0.630.